The lowest BCUT2D eigenvalue weighted by molar-refractivity contribution is 0.104. The van der Waals surface area contributed by atoms with Crippen molar-refractivity contribution in [1.29, 1.82) is 0 Å². The van der Waals surface area contributed by atoms with Crippen LogP contribution in [0.4, 0.5) is 0 Å². The van der Waals surface area contributed by atoms with Crippen molar-refractivity contribution < 1.29 is 20.1 Å². The highest BCUT2D eigenvalue weighted by atomic mass is 35.5. The maximum Gasteiger partial charge on any atom is 0.185 e. The van der Waals surface area contributed by atoms with Crippen molar-refractivity contribution in [2.24, 2.45) is 0 Å². The molecule has 0 amide bonds. The molecule has 21 heavy (non-hydrogen) atoms. The second kappa shape index (κ2) is 7.47. The van der Waals surface area contributed by atoms with Crippen LogP contribution in [0.1, 0.15) is 15.9 Å². The number of hydrogen-bond donors (Lipinski definition) is 1. The van der Waals surface area contributed by atoms with E-state index in [1.54, 1.807) is 42.5 Å². The van der Waals surface area contributed by atoms with E-state index in [1.165, 1.54) is 19.3 Å². The molecule has 4 nitrogen and oxygen atoms in total. The third-order valence-electron chi connectivity index (χ3n) is 2.76. The Hall–Kier alpha value is -2.30. The minimum absolute atomic E-state index is 0. The fraction of sp³-hybridized carbons (Fsp3) is 0.0625. The largest absolute Gasteiger partial charge is 0.504 e. The number of carbonyl (C=O) groups is 1. The Kier molecular flexibility index (Phi) is 5.96. The van der Waals surface area contributed by atoms with Crippen LogP contribution in [0.2, 0.25) is 5.02 Å². The summed E-state index contributed by atoms with van der Waals surface area (Å²) in [5, 5.41) is 10.1. The number of phenols is 1. The second-order valence-corrected chi connectivity index (χ2v) is 4.57. The lowest BCUT2D eigenvalue weighted by atomic mass is 10.1. The first-order valence-electron chi connectivity index (χ1n) is 5.95. The van der Waals surface area contributed by atoms with E-state index in [0.717, 1.165) is 5.56 Å². The lowest BCUT2D eigenvalue weighted by Gasteiger charge is -2.03. The highest BCUT2D eigenvalue weighted by Crippen LogP contribution is 2.26. The summed E-state index contributed by atoms with van der Waals surface area (Å²) in [6.07, 6.45) is 3.13. The van der Waals surface area contributed by atoms with Crippen LogP contribution in [-0.2, 0) is 0 Å². The molecule has 2 rings (SSSR count). The first kappa shape index (κ1) is 16.8. The van der Waals surface area contributed by atoms with Crippen molar-refractivity contribution in [2.75, 3.05) is 7.11 Å². The molecule has 2 aromatic carbocycles. The summed E-state index contributed by atoms with van der Waals surface area (Å²) in [6, 6.07) is 11.6. The van der Waals surface area contributed by atoms with Gasteiger partial charge in [-0.1, -0.05) is 23.7 Å². The van der Waals surface area contributed by atoms with Gasteiger partial charge in [-0.15, -0.1) is 0 Å². The highest BCUT2D eigenvalue weighted by molar-refractivity contribution is 6.30. The molecular weight excluding hydrogens is 292 g/mol. The minimum Gasteiger partial charge on any atom is -0.504 e. The number of aromatic hydroxyl groups is 1. The number of hydrogen-bond acceptors (Lipinski definition) is 3. The van der Waals surface area contributed by atoms with Crippen LogP contribution < -0.4 is 4.74 Å². The van der Waals surface area contributed by atoms with E-state index in [2.05, 4.69) is 0 Å². The molecule has 3 N–H and O–H groups in total. The first-order chi connectivity index (χ1) is 9.60. The molecule has 0 atom stereocenters. The van der Waals surface area contributed by atoms with Crippen molar-refractivity contribution >= 4 is 23.5 Å². The van der Waals surface area contributed by atoms with E-state index in [0.29, 0.717) is 16.3 Å². The van der Waals surface area contributed by atoms with E-state index in [-0.39, 0.29) is 17.0 Å². The zero-order chi connectivity index (χ0) is 14.5. The molecule has 0 unspecified atom stereocenters. The summed E-state index contributed by atoms with van der Waals surface area (Å²) in [5.74, 6) is 0.313. The molecule has 0 saturated heterocycles. The van der Waals surface area contributed by atoms with Crippen molar-refractivity contribution in [2.45, 2.75) is 0 Å². The van der Waals surface area contributed by atoms with Gasteiger partial charge in [0, 0.05) is 10.6 Å². The standard InChI is InChI=1S/C16H13ClO3.H2O/c1-20-16-10-11(3-9-15(16)19)2-8-14(18)12-4-6-13(17)7-5-12;/h2-10,19H,1H3;1H2. The zero-order valence-corrected chi connectivity index (χ0v) is 12.1. The average molecular weight is 307 g/mol. The molecule has 5 heteroatoms. The third-order valence-corrected chi connectivity index (χ3v) is 3.01. The molecule has 0 spiro atoms. The molecule has 0 aliphatic rings. The van der Waals surface area contributed by atoms with Crippen LogP contribution in [0.15, 0.2) is 48.5 Å². The Balaban J connectivity index is 0.00000220. The summed E-state index contributed by atoms with van der Waals surface area (Å²) < 4.78 is 5.01. The van der Waals surface area contributed by atoms with E-state index < -0.39 is 0 Å². The molecule has 0 saturated carbocycles. The summed E-state index contributed by atoms with van der Waals surface area (Å²) in [4.78, 5) is 11.9. The van der Waals surface area contributed by atoms with Crippen molar-refractivity contribution in [3.8, 4) is 11.5 Å². The zero-order valence-electron chi connectivity index (χ0n) is 11.3. The normalized spacial score (nSPS) is 10.2. The van der Waals surface area contributed by atoms with Gasteiger partial charge in [-0.2, -0.15) is 0 Å². The van der Waals surface area contributed by atoms with Crippen molar-refractivity contribution in [1.82, 2.24) is 0 Å². The monoisotopic (exact) mass is 306 g/mol. The fourth-order valence-corrected chi connectivity index (χ4v) is 1.81. The predicted molar refractivity (Wildman–Crippen MR) is 83.1 cm³/mol. The number of benzene rings is 2. The number of ketones is 1. The van der Waals surface area contributed by atoms with Gasteiger partial charge in [0.05, 0.1) is 7.11 Å². The van der Waals surface area contributed by atoms with Crippen LogP contribution in [0.5, 0.6) is 11.5 Å². The van der Waals surface area contributed by atoms with Crippen LogP contribution in [-0.4, -0.2) is 23.5 Å². The topological polar surface area (TPSA) is 78.0 Å². The SMILES string of the molecule is COc1cc(C=CC(=O)c2ccc(Cl)cc2)ccc1O.O. The Bertz CT molecular complexity index is 648. The van der Waals surface area contributed by atoms with E-state index in [9.17, 15) is 9.90 Å². The molecule has 110 valence electrons. The van der Waals surface area contributed by atoms with Crippen LogP contribution in [0.25, 0.3) is 6.08 Å². The average Bonchev–Trinajstić information content (AvgIpc) is 2.46. The number of ether oxygens (including phenoxy) is 1. The van der Waals surface area contributed by atoms with E-state index in [1.807, 2.05) is 0 Å². The maximum absolute atomic E-state index is 11.9. The number of phenolic OH excluding ortho intramolecular Hbond substituents is 1. The number of rotatable bonds is 4. The molecule has 0 bridgehead atoms. The van der Waals surface area contributed by atoms with Gasteiger partial charge in [-0.05, 0) is 48.0 Å². The lowest BCUT2D eigenvalue weighted by Crippen LogP contribution is -1.93. The van der Waals surface area contributed by atoms with Gasteiger partial charge in [0.25, 0.3) is 0 Å². The van der Waals surface area contributed by atoms with E-state index >= 15 is 0 Å². The van der Waals surface area contributed by atoms with Crippen molar-refractivity contribution in [3.63, 3.8) is 0 Å². The number of allylic oxidation sites excluding steroid dienone is 1. The van der Waals surface area contributed by atoms with Gasteiger partial charge in [-0.3, -0.25) is 4.79 Å². The summed E-state index contributed by atoms with van der Waals surface area (Å²) in [7, 11) is 1.47. The molecule has 0 fully saturated rings. The quantitative estimate of drug-likeness (QED) is 0.696. The maximum atomic E-state index is 11.9. The summed E-state index contributed by atoms with van der Waals surface area (Å²) in [5.41, 5.74) is 1.33. The summed E-state index contributed by atoms with van der Waals surface area (Å²) >= 11 is 5.77. The minimum atomic E-state index is -0.117. The fourth-order valence-electron chi connectivity index (χ4n) is 1.68. The molecule has 0 heterocycles. The molecule has 0 radical (unpaired) electrons. The first-order valence-corrected chi connectivity index (χ1v) is 6.33. The molecule has 0 aliphatic heterocycles. The molecule has 0 aliphatic carbocycles. The van der Waals surface area contributed by atoms with Gasteiger partial charge in [-0.25, -0.2) is 0 Å². The van der Waals surface area contributed by atoms with Gasteiger partial charge in [0.15, 0.2) is 17.3 Å². The number of carbonyl (C=O) groups excluding carboxylic acids is 1. The molecule has 0 aromatic heterocycles. The number of methoxy groups -OCH3 is 1. The Morgan fingerprint density at radius 2 is 1.86 bits per heavy atom. The van der Waals surface area contributed by atoms with Gasteiger partial charge >= 0.3 is 0 Å². The Morgan fingerprint density at radius 3 is 2.48 bits per heavy atom. The third kappa shape index (κ3) is 4.34. The Labute approximate surface area is 127 Å². The van der Waals surface area contributed by atoms with Crippen LogP contribution >= 0.6 is 11.6 Å². The molecule has 2 aromatic rings. The Morgan fingerprint density at radius 1 is 1.19 bits per heavy atom. The van der Waals surface area contributed by atoms with Crippen molar-refractivity contribution in [3.05, 3.63) is 64.7 Å². The number of halogens is 1. The highest BCUT2D eigenvalue weighted by Gasteiger charge is 2.03. The second-order valence-electron chi connectivity index (χ2n) is 4.14. The van der Waals surface area contributed by atoms with Crippen LogP contribution in [0.3, 0.4) is 0 Å². The molecular formula is C16H15ClO4. The van der Waals surface area contributed by atoms with Gasteiger partial charge in [0.2, 0.25) is 0 Å². The summed E-state index contributed by atoms with van der Waals surface area (Å²) in [6.45, 7) is 0. The predicted octanol–water partition coefficient (Wildman–Crippen LogP) is 3.13. The smallest absolute Gasteiger partial charge is 0.185 e. The van der Waals surface area contributed by atoms with E-state index in [4.69, 9.17) is 16.3 Å². The van der Waals surface area contributed by atoms with Crippen LogP contribution in [0, 0.1) is 0 Å². The van der Waals surface area contributed by atoms with Gasteiger partial charge < -0.3 is 15.3 Å². The van der Waals surface area contributed by atoms with Gasteiger partial charge in [0.1, 0.15) is 0 Å².